The number of likely N-dealkylation sites (tertiary alicyclic amines) is 1. The number of pyridine rings is 1. The number of ether oxygens (including phenoxy) is 1. The number of aromatic nitrogens is 1. The molecule has 2 atom stereocenters. The van der Waals surface area contributed by atoms with Gasteiger partial charge in [0.05, 0.1) is 13.2 Å². The van der Waals surface area contributed by atoms with E-state index in [4.69, 9.17) is 10.5 Å². The first kappa shape index (κ1) is 12.8. The van der Waals surface area contributed by atoms with Crippen molar-refractivity contribution in [3.05, 3.63) is 23.9 Å². The molecule has 2 N–H and O–H groups in total. The molecule has 1 fully saturated rings. The van der Waals surface area contributed by atoms with E-state index in [0.717, 1.165) is 18.5 Å². The topological polar surface area (TPSA) is 68.5 Å². The first-order valence-corrected chi connectivity index (χ1v) is 6.22. The van der Waals surface area contributed by atoms with E-state index in [-0.39, 0.29) is 18.0 Å². The van der Waals surface area contributed by atoms with Crippen LogP contribution in [0.2, 0.25) is 0 Å². The summed E-state index contributed by atoms with van der Waals surface area (Å²) < 4.78 is 5.03. The fourth-order valence-corrected chi connectivity index (χ4v) is 2.44. The molecule has 2 unspecified atom stereocenters. The lowest BCUT2D eigenvalue weighted by atomic mass is 10.0. The number of nitrogens with zero attached hydrogens (tertiary/aromatic N) is 2. The van der Waals surface area contributed by atoms with Crippen molar-refractivity contribution < 1.29 is 9.53 Å². The van der Waals surface area contributed by atoms with Crippen molar-refractivity contribution in [1.29, 1.82) is 0 Å². The Hall–Kier alpha value is -1.62. The zero-order valence-corrected chi connectivity index (χ0v) is 10.8. The average molecular weight is 249 g/mol. The molecule has 1 aromatic rings. The molecule has 0 aromatic carbocycles. The van der Waals surface area contributed by atoms with Crippen LogP contribution in [0.4, 0.5) is 0 Å². The average Bonchev–Trinajstić information content (AvgIpc) is 2.65. The second-order valence-electron chi connectivity index (χ2n) is 4.53. The molecule has 1 aliphatic heterocycles. The first-order chi connectivity index (χ1) is 8.67. The molecule has 2 heterocycles. The summed E-state index contributed by atoms with van der Waals surface area (Å²) in [5.74, 6) is 0.698. The van der Waals surface area contributed by atoms with E-state index in [0.29, 0.717) is 12.3 Å². The van der Waals surface area contributed by atoms with Crippen molar-refractivity contribution in [1.82, 2.24) is 9.88 Å². The fourth-order valence-electron chi connectivity index (χ4n) is 2.44. The number of nitrogens with two attached hydrogens (primary N) is 1. The van der Waals surface area contributed by atoms with Crippen LogP contribution in [0.15, 0.2) is 18.3 Å². The van der Waals surface area contributed by atoms with Crippen LogP contribution >= 0.6 is 0 Å². The Morgan fingerprint density at radius 3 is 2.89 bits per heavy atom. The Morgan fingerprint density at radius 2 is 2.33 bits per heavy atom. The van der Waals surface area contributed by atoms with Crippen molar-refractivity contribution in [3.8, 4) is 5.88 Å². The van der Waals surface area contributed by atoms with Crippen molar-refractivity contribution in [2.24, 2.45) is 5.73 Å². The summed E-state index contributed by atoms with van der Waals surface area (Å²) in [6, 6.07) is 3.52. The molecule has 0 saturated carbocycles. The Balaban J connectivity index is 2.25. The smallest absolute Gasteiger partial charge is 0.224 e. The van der Waals surface area contributed by atoms with Crippen LogP contribution in [0, 0.1) is 0 Å². The first-order valence-electron chi connectivity index (χ1n) is 6.22. The van der Waals surface area contributed by atoms with E-state index < -0.39 is 0 Å². The molecule has 2 rings (SSSR count). The third-order valence-electron chi connectivity index (χ3n) is 3.25. The van der Waals surface area contributed by atoms with Crippen LogP contribution < -0.4 is 10.5 Å². The molecule has 0 spiro atoms. The second kappa shape index (κ2) is 5.35. The lowest BCUT2D eigenvalue weighted by molar-refractivity contribution is -0.129. The van der Waals surface area contributed by atoms with Crippen LogP contribution in [0.1, 0.15) is 31.4 Å². The van der Waals surface area contributed by atoms with Gasteiger partial charge in [-0.2, -0.15) is 0 Å². The molecule has 1 amide bonds. The highest BCUT2D eigenvalue weighted by Gasteiger charge is 2.38. The fraction of sp³-hybridized carbons (Fsp3) is 0.538. The van der Waals surface area contributed by atoms with Gasteiger partial charge >= 0.3 is 0 Å². The number of methoxy groups -OCH3 is 1. The number of carbonyl (C=O) groups is 1. The maximum absolute atomic E-state index is 11.9. The van der Waals surface area contributed by atoms with Crippen molar-refractivity contribution >= 4 is 5.91 Å². The second-order valence-corrected chi connectivity index (χ2v) is 4.53. The highest BCUT2D eigenvalue weighted by atomic mass is 16.5. The summed E-state index contributed by atoms with van der Waals surface area (Å²) >= 11 is 0. The van der Waals surface area contributed by atoms with Crippen molar-refractivity contribution in [2.75, 3.05) is 13.7 Å². The van der Waals surface area contributed by atoms with Gasteiger partial charge in [-0.3, -0.25) is 4.79 Å². The van der Waals surface area contributed by atoms with Crippen molar-refractivity contribution in [3.63, 3.8) is 0 Å². The van der Waals surface area contributed by atoms with E-state index >= 15 is 0 Å². The van der Waals surface area contributed by atoms with Gasteiger partial charge in [-0.05, 0) is 18.1 Å². The molecule has 1 aliphatic rings. The van der Waals surface area contributed by atoms with Gasteiger partial charge in [0.15, 0.2) is 0 Å². The Morgan fingerprint density at radius 1 is 1.56 bits per heavy atom. The molecular weight excluding hydrogens is 230 g/mol. The minimum Gasteiger partial charge on any atom is -0.481 e. The monoisotopic (exact) mass is 249 g/mol. The van der Waals surface area contributed by atoms with E-state index in [1.807, 2.05) is 11.0 Å². The molecule has 18 heavy (non-hydrogen) atoms. The molecule has 0 bridgehead atoms. The SMILES string of the molecule is CCCN1C(=O)CC(N)C1c1ccc(OC)nc1. The molecule has 98 valence electrons. The molecular formula is C13H19N3O2. The minimum atomic E-state index is -0.153. The number of hydrogen-bond donors (Lipinski definition) is 1. The minimum absolute atomic E-state index is 0.0594. The summed E-state index contributed by atoms with van der Waals surface area (Å²) in [7, 11) is 1.58. The van der Waals surface area contributed by atoms with Gasteiger partial charge < -0.3 is 15.4 Å². The molecule has 1 aromatic heterocycles. The van der Waals surface area contributed by atoms with E-state index in [9.17, 15) is 4.79 Å². The Kier molecular flexibility index (Phi) is 3.81. The summed E-state index contributed by atoms with van der Waals surface area (Å²) in [5, 5.41) is 0. The predicted molar refractivity (Wildman–Crippen MR) is 68.1 cm³/mol. The molecule has 0 aliphatic carbocycles. The van der Waals surface area contributed by atoms with Gasteiger partial charge in [-0.25, -0.2) is 4.98 Å². The predicted octanol–water partition coefficient (Wildman–Crippen LogP) is 1.10. The van der Waals surface area contributed by atoms with Gasteiger partial charge in [0.25, 0.3) is 0 Å². The third kappa shape index (κ3) is 2.31. The molecule has 1 saturated heterocycles. The van der Waals surface area contributed by atoms with Crippen LogP contribution in [0.3, 0.4) is 0 Å². The lowest BCUT2D eigenvalue weighted by Crippen LogP contribution is -2.33. The quantitative estimate of drug-likeness (QED) is 0.867. The Bertz CT molecular complexity index is 419. The number of hydrogen-bond acceptors (Lipinski definition) is 4. The third-order valence-corrected chi connectivity index (χ3v) is 3.25. The van der Waals surface area contributed by atoms with Crippen LogP contribution in [0.25, 0.3) is 0 Å². The largest absolute Gasteiger partial charge is 0.481 e. The molecule has 0 radical (unpaired) electrons. The summed E-state index contributed by atoms with van der Waals surface area (Å²) in [5.41, 5.74) is 7.05. The van der Waals surface area contributed by atoms with Crippen LogP contribution in [0.5, 0.6) is 5.88 Å². The van der Waals surface area contributed by atoms with Gasteiger partial charge in [0.2, 0.25) is 11.8 Å². The molecule has 5 nitrogen and oxygen atoms in total. The maximum atomic E-state index is 11.9. The standard InChI is InChI=1S/C13H19N3O2/c1-3-6-16-12(17)7-10(14)13(16)9-4-5-11(18-2)15-8-9/h4-5,8,10,13H,3,6-7,14H2,1-2H3. The summed E-state index contributed by atoms with van der Waals surface area (Å²) in [6.07, 6.45) is 3.08. The number of amides is 1. The maximum Gasteiger partial charge on any atom is 0.224 e. The zero-order chi connectivity index (χ0) is 13.1. The highest BCUT2D eigenvalue weighted by Crippen LogP contribution is 2.32. The van der Waals surface area contributed by atoms with Gasteiger partial charge in [-0.15, -0.1) is 0 Å². The number of carbonyl (C=O) groups excluding carboxylic acids is 1. The normalized spacial score (nSPS) is 23.5. The van der Waals surface area contributed by atoms with Crippen LogP contribution in [-0.2, 0) is 4.79 Å². The van der Waals surface area contributed by atoms with E-state index in [2.05, 4.69) is 11.9 Å². The molecule has 5 heteroatoms. The zero-order valence-electron chi connectivity index (χ0n) is 10.8. The van der Waals surface area contributed by atoms with Gasteiger partial charge in [-0.1, -0.05) is 6.92 Å². The summed E-state index contributed by atoms with van der Waals surface area (Å²) in [4.78, 5) is 17.9. The summed E-state index contributed by atoms with van der Waals surface area (Å²) in [6.45, 7) is 2.80. The van der Waals surface area contributed by atoms with E-state index in [1.54, 1.807) is 19.4 Å². The Labute approximate surface area is 107 Å². The van der Waals surface area contributed by atoms with Gasteiger partial charge in [0, 0.05) is 31.3 Å². The van der Waals surface area contributed by atoms with Crippen LogP contribution in [-0.4, -0.2) is 35.5 Å². The lowest BCUT2D eigenvalue weighted by Gasteiger charge is -2.26. The van der Waals surface area contributed by atoms with Crippen molar-refractivity contribution in [2.45, 2.75) is 31.8 Å². The van der Waals surface area contributed by atoms with Gasteiger partial charge in [0.1, 0.15) is 0 Å². The number of rotatable bonds is 4. The highest BCUT2D eigenvalue weighted by molar-refractivity contribution is 5.80. The van der Waals surface area contributed by atoms with E-state index in [1.165, 1.54) is 0 Å².